The molecule has 2 aliphatic heterocycles. The number of thiazole rings is 1. The second kappa shape index (κ2) is 9.76. The first-order chi connectivity index (χ1) is 17.4. The van der Waals surface area contributed by atoms with E-state index < -0.39 is 0 Å². The number of benzene rings is 2. The van der Waals surface area contributed by atoms with Crippen LogP contribution in [0.4, 0.5) is 11.4 Å². The van der Waals surface area contributed by atoms with Crippen molar-refractivity contribution in [2.24, 2.45) is 0 Å². The van der Waals surface area contributed by atoms with E-state index in [1.807, 2.05) is 62.4 Å². The quantitative estimate of drug-likeness (QED) is 0.462. The number of likely N-dealkylation sites (N-methyl/N-ethyl adjacent to an activating group) is 1. The largest absolute Gasteiger partial charge is 0.497 e. The van der Waals surface area contributed by atoms with Crippen molar-refractivity contribution in [1.82, 2.24) is 9.47 Å². The van der Waals surface area contributed by atoms with Crippen LogP contribution in [-0.2, 0) is 11.3 Å². The Morgan fingerprint density at radius 2 is 1.67 bits per heavy atom. The van der Waals surface area contributed by atoms with E-state index in [2.05, 4.69) is 11.8 Å². The standard InChI is InChI=1S/C26H26N4O3S3/c1-5-27-18-15-17(33-4)13-14-19(18)35-25(27)21-23(32)28(6-2)24(36-21)20-22(31)29(7-3)26(34)30(20)16-11-9-8-10-12-16/h8-15H,5-7H2,1-4H3. The second-order valence-electron chi connectivity index (χ2n) is 8.12. The second-order valence-corrected chi connectivity index (χ2v) is 10.5. The molecule has 3 aromatic rings. The monoisotopic (exact) mass is 538 g/mol. The molecule has 0 N–H and O–H groups in total. The van der Waals surface area contributed by atoms with E-state index in [4.69, 9.17) is 17.0 Å². The number of hydrogen-bond donors (Lipinski definition) is 0. The number of para-hydroxylation sites is 1. The first kappa shape index (κ1) is 24.6. The number of amides is 1. The van der Waals surface area contributed by atoms with Gasteiger partial charge in [-0.05, 0) is 57.3 Å². The van der Waals surface area contributed by atoms with Gasteiger partial charge in [-0.2, -0.15) is 0 Å². The summed E-state index contributed by atoms with van der Waals surface area (Å²) in [4.78, 5) is 34.0. The number of thioether (sulfide) groups is 1. The minimum Gasteiger partial charge on any atom is -0.497 e. The average Bonchev–Trinajstić information content (AvgIpc) is 3.51. The first-order valence-electron chi connectivity index (χ1n) is 11.8. The average molecular weight is 539 g/mol. The Morgan fingerprint density at radius 1 is 0.944 bits per heavy atom. The lowest BCUT2D eigenvalue weighted by atomic mass is 10.2. The van der Waals surface area contributed by atoms with Crippen LogP contribution in [0, 0.1) is 0 Å². The van der Waals surface area contributed by atoms with Crippen LogP contribution in [0.25, 0.3) is 10.7 Å². The third-order valence-electron chi connectivity index (χ3n) is 6.25. The van der Waals surface area contributed by atoms with Gasteiger partial charge in [0.05, 0.1) is 12.8 Å². The van der Waals surface area contributed by atoms with E-state index in [1.54, 1.807) is 33.2 Å². The zero-order chi connectivity index (χ0) is 25.6. The Kier molecular flexibility index (Phi) is 6.67. The maximum Gasteiger partial charge on any atom is 0.280 e. The molecule has 0 radical (unpaired) electrons. The molecular weight excluding hydrogens is 513 g/mol. The third-order valence-corrected chi connectivity index (χ3v) is 9.14. The molecule has 1 aromatic heterocycles. The molecule has 1 amide bonds. The van der Waals surface area contributed by atoms with Gasteiger partial charge in [-0.1, -0.05) is 30.0 Å². The highest BCUT2D eigenvalue weighted by Gasteiger charge is 2.40. The zero-order valence-corrected chi connectivity index (χ0v) is 22.9. The number of aromatic nitrogens is 1. The predicted octanol–water partition coefficient (Wildman–Crippen LogP) is 3.40. The molecule has 2 aliphatic rings. The highest BCUT2D eigenvalue weighted by atomic mass is 32.2. The number of carbonyl (C=O) groups is 1. The molecule has 1 fully saturated rings. The molecule has 36 heavy (non-hydrogen) atoms. The topological polar surface area (TPSA) is 58.0 Å². The van der Waals surface area contributed by atoms with E-state index in [1.165, 1.54) is 11.3 Å². The summed E-state index contributed by atoms with van der Waals surface area (Å²) in [5, 5.41) is 1.29. The van der Waals surface area contributed by atoms with Crippen LogP contribution in [0.1, 0.15) is 20.8 Å². The molecule has 0 saturated carbocycles. The van der Waals surface area contributed by atoms with Crippen molar-refractivity contribution in [1.29, 1.82) is 0 Å². The van der Waals surface area contributed by atoms with Gasteiger partial charge in [0.25, 0.3) is 11.5 Å². The van der Waals surface area contributed by atoms with E-state index in [0.717, 1.165) is 27.0 Å². The highest BCUT2D eigenvalue weighted by molar-refractivity contribution is 8.08. The van der Waals surface area contributed by atoms with E-state index >= 15 is 0 Å². The first-order valence-corrected chi connectivity index (χ1v) is 13.8. The number of rotatable bonds is 5. The van der Waals surface area contributed by atoms with Crippen LogP contribution >= 0.6 is 35.3 Å². The number of nitrogens with zero attached hydrogens (tertiary/aromatic N) is 4. The summed E-state index contributed by atoms with van der Waals surface area (Å²) in [5.41, 5.74) is 2.13. The van der Waals surface area contributed by atoms with Crippen molar-refractivity contribution < 1.29 is 9.53 Å². The number of thiocarbonyl (C=S) groups is 1. The molecular formula is C26H26N4O3S3. The van der Waals surface area contributed by atoms with Gasteiger partial charge < -0.3 is 9.64 Å². The van der Waals surface area contributed by atoms with Crippen molar-refractivity contribution in [3.63, 3.8) is 0 Å². The number of anilines is 2. The molecule has 0 bridgehead atoms. The maximum absolute atomic E-state index is 13.8. The molecule has 7 nitrogen and oxygen atoms in total. The normalized spacial score (nSPS) is 18.4. The summed E-state index contributed by atoms with van der Waals surface area (Å²) in [6, 6.07) is 15.5. The molecule has 10 heteroatoms. The van der Waals surface area contributed by atoms with Crippen LogP contribution in [0.2, 0.25) is 0 Å². The van der Waals surface area contributed by atoms with Gasteiger partial charge in [0, 0.05) is 36.3 Å². The highest BCUT2D eigenvalue weighted by Crippen LogP contribution is 2.47. The Labute approximate surface area is 222 Å². The smallest absolute Gasteiger partial charge is 0.280 e. The van der Waals surface area contributed by atoms with Crippen LogP contribution in [0.3, 0.4) is 0 Å². The number of fused-ring (bicyclic) bond motifs is 1. The molecule has 5 rings (SSSR count). The molecule has 186 valence electrons. The fraction of sp³-hybridized carbons (Fsp3) is 0.269. The van der Waals surface area contributed by atoms with Gasteiger partial charge in [-0.25, -0.2) is 0 Å². The van der Waals surface area contributed by atoms with Crippen molar-refractivity contribution in [3.05, 3.63) is 68.1 Å². The van der Waals surface area contributed by atoms with Crippen LogP contribution in [-0.4, -0.2) is 40.7 Å². The number of carbonyl (C=O) groups excluding carboxylic acids is 1. The van der Waals surface area contributed by atoms with Crippen molar-refractivity contribution in [3.8, 4) is 5.75 Å². The van der Waals surface area contributed by atoms with Crippen molar-refractivity contribution >= 4 is 68.4 Å². The van der Waals surface area contributed by atoms with Crippen LogP contribution in [0.15, 0.2) is 58.2 Å². The zero-order valence-electron chi connectivity index (χ0n) is 20.5. The van der Waals surface area contributed by atoms with Gasteiger partial charge in [-0.15, -0.1) is 11.3 Å². The molecule has 3 heterocycles. The minimum absolute atomic E-state index is 0.104. The number of methoxy groups -OCH3 is 1. The Bertz CT molecular complexity index is 1540. The van der Waals surface area contributed by atoms with Crippen molar-refractivity contribution in [2.75, 3.05) is 30.0 Å². The van der Waals surface area contributed by atoms with Gasteiger partial charge in [0.1, 0.15) is 25.7 Å². The third kappa shape index (κ3) is 3.75. The lowest BCUT2D eigenvalue weighted by Gasteiger charge is -2.19. The Hall–Kier alpha value is -3.08. The van der Waals surface area contributed by atoms with Gasteiger partial charge in [-0.3, -0.25) is 24.0 Å². The SMILES string of the molecule is CCN1C(=O)C(=c2sc(=C3Sc4ccc(OC)cc4N3CC)c(=O)n2CC)N(c2ccccc2)C1=S. The lowest BCUT2D eigenvalue weighted by Crippen LogP contribution is -2.36. The Morgan fingerprint density at radius 3 is 2.31 bits per heavy atom. The molecule has 0 unspecified atom stereocenters. The fourth-order valence-electron chi connectivity index (χ4n) is 4.49. The van der Waals surface area contributed by atoms with Crippen LogP contribution in [0.5, 0.6) is 5.75 Å². The molecule has 0 spiro atoms. The molecule has 0 aliphatic carbocycles. The van der Waals surface area contributed by atoms with E-state index in [0.29, 0.717) is 39.6 Å². The fourth-order valence-corrected chi connectivity index (χ4v) is 7.47. The summed E-state index contributed by atoms with van der Waals surface area (Å²) in [5.74, 6) is 0.580. The summed E-state index contributed by atoms with van der Waals surface area (Å²) in [6.45, 7) is 7.47. The minimum atomic E-state index is -0.189. The van der Waals surface area contributed by atoms with Gasteiger partial charge >= 0.3 is 0 Å². The molecule has 1 saturated heterocycles. The van der Waals surface area contributed by atoms with Gasteiger partial charge in [0.2, 0.25) is 0 Å². The summed E-state index contributed by atoms with van der Waals surface area (Å²) >= 11 is 8.66. The Balaban J connectivity index is 1.81. The molecule has 0 atom stereocenters. The lowest BCUT2D eigenvalue weighted by molar-refractivity contribution is -0.120. The van der Waals surface area contributed by atoms with Crippen molar-refractivity contribution in [2.45, 2.75) is 32.2 Å². The van der Waals surface area contributed by atoms with E-state index in [9.17, 15) is 9.59 Å². The van der Waals surface area contributed by atoms with Gasteiger partial charge in [0.15, 0.2) is 5.11 Å². The summed E-state index contributed by atoms with van der Waals surface area (Å²) in [7, 11) is 1.65. The van der Waals surface area contributed by atoms with Crippen LogP contribution < -0.4 is 29.3 Å². The number of ether oxygens (including phenoxy) is 1. The molecule has 2 aromatic carbocycles. The van der Waals surface area contributed by atoms with E-state index in [-0.39, 0.29) is 11.5 Å². The summed E-state index contributed by atoms with van der Waals surface area (Å²) in [6.07, 6.45) is 0. The predicted molar refractivity (Wildman–Crippen MR) is 151 cm³/mol. The maximum atomic E-state index is 13.8. The number of hydrogen-bond acceptors (Lipinski definition) is 7. The summed E-state index contributed by atoms with van der Waals surface area (Å²) < 4.78 is 8.35.